The minimum Gasteiger partial charge on any atom is -0.495 e. The second kappa shape index (κ2) is 9.90. The molecule has 0 atom stereocenters. The highest BCUT2D eigenvalue weighted by atomic mass is 32.2. The number of benzene rings is 2. The van der Waals surface area contributed by atoms with Crippen LogP contribution in [0.15, 0.2) is 41.3 Å². The van der Waals surface area contributed by atoms with Gasteiger partial charge in [0.2, 0.25) is 5.91 Å². The Morgan fingerprint density at radius 3 is 2.47 bits per heavy atom. The van der Waals surface area contributed by atoms with E-state index in [2.05, 4.69) is 10.2 Å². The number of ether oxygens (including phenoxy) is 1. The van der Waals surface area contributed by atoms with Crippen LogP contribution in [0.5, 0.6) is 5.75 Å². The van der Waals surface area contributed by atoms with Gasteiger partial charge in [0.15, 0.2) is 11.6 Å². The van der Waals surface area contributed by atoms with E-state index in [9.17, 15) is 18.4 Å². The molecule has 0 bridgehead atoms. The molecule has 160 valence electrons. The number of rotatable bonds is 6. The fourth-order valence-electron chi connectivity index (χ4n) is 3.03. The quantitative estimate of drug-likeness (QED) is 0.707. The molecule has 3 rings (SSSR count). The number of nitrogens with zero attached hydrogens (tertiary/aromatic N) is 2. The molecule has 1 fully saturated rings. The van der Waals surface area contributed by atoms with Gasteiger partial charge in [0.25, 0.3) is 5.91 Å². The number of amides is 2. The lowest BCUT2D eigenvalue weighted by Crippen LogP contribution is -2.47. The lowest BCUT2D eigenvalue weighted by molar-refractivity contribution is -0.113. The topological polar surface area (TPSA) is 61.9 Å². The lowest BCUT2D eigenvalue weighted by Gasteiger charge is -2.32. The molecule has 1 heterocycles. The van der Waals surface area contributed by atoms with Crippen molar-refractivity contribution in [3.63, 3.8) is 0 Å². The summed E-state index contributed by atoms with van der Waals surface area (Å²) in [6.07, 6.45) is 0. The van der Waals surface area contributed by atoms with E-state index < -0.39 is 11.6 Å². The van der Waals surface area contributed by atoms with Crippen molar-refractivity contribution in [1.82, 2.24) is 9.80 Å². The summed E-state index contributed by atoms with van der Waals surface area (Å²) in [7, 11) is 3.49. The molecule has 6 nitrogen and oxygen atoms in total. The molecule has 1 aliphatic heterocycles. The van der Waals surface area contributed by atoms with Crippen LogP contribution < -0.4 is 10.1 Å². The number of hydrogen-bond donors (Lipinski definition) is 1. The fourth-order valence-corrected chi connectivity index (χ4v) is 3.75. The highest BCUT2D eigenvalue weighted by Gasteiger charge is 2.21. The van der Waals surface area contributed by atoms with E-state index in [-0.39, 0.29) is 17.6 Å². The summed E-state index contributed by atoms with van der Waals surface area (Å²) in [6.45, 7) is 2.92. The summed E-state index contributed by atoms with van der Waals surface area (Å²) >= 11 is 1.08. The zero-order valence-corrected chi connectivity index (χ0v) is 17.6. The van der Waals surface area contributed by atoms with Gasteiger partial charge in [0.1, 0.15) is 5.75 Å². The number of carbonyl (C=O) groups is 2. The predicted octanol–water partition coefficient (Wildman–Crippen LogP) is 3.09. The first-order valence-electron chi connectivity index (χ1n) is 9.41. The number of halogens is 2. The third kappa shape index (κ3) is 5.48. The van der Waals surface area contributed by atoms with Crippen molar-refractivity contribution >= 4 is 29.3 Å². The summed E-state index contributed by atoms with van der Waals surface area (Å²) < 4.78 is 31.6. The molecule has 0 aliphatic carbocycles. The number of anilines is 1. The molecule has 2 aromatic rings. The maximum absolute atomic E-state index is 13.3. The van der Waals surface area contributed by atoms with Gasteiger partial charge in [-0.2, -0.15) is 0 Å². The van der Waals surface area contributed by atoms with Gasteiger partial charge in [0.05, 0.1) is 18.6 Å². The van der Waals surface area contributed by atoms with Crippen molar-refractivity contribution in [2.45, 2.75) is 4.90 Å². The van der Waals surface area contributed by atoms with Crippen LogP contribution in [0.2, 0.25) is 0 Å². The van der Waals surface area contributed by atoms with E-state index in [4.69, 9.17) is 4.74 Å². The van der Waals surface area contributed by atoms with Crippen molar-refractivity contribution < 1.29 is 23.1 Å². The van der Waals surface area contributed by atoms with E-state index in [0.29, 0.717) is 35.0 Å². The van der Waals surface area contributed by atoms with Gasteiger partial charge in [-0.1, -0.05) is 0 Å². The van der Waals surface area contributed by atoms with Crippen LogP contribution in [0.25, 0.3) is 0 Å². The van der Waals surface area contributed by atoms with E-state index in [0.717, 1.165) is 37.0 Å². The Hall–Kier alpha value is -2.65. The minimum absolute atomic E-state index is 0.00907. The normalized spacial score (nSPS) is 14.5. The van der Waals surface area contributed by atoms with Crippen molar-refractivity contribution in [3.8, 4) is 5.75 Å². The van der Waals surface area contributed by atoms with Crippen molar-refractivity contribution in [1.29, 1.82) is 0 Å². The van der Waals surface area contributed by atoms with E-state index in [1.165, 1.54) is 13.2 Å². The average molecular weight is 435 g/mol. The summed E-state index contributed by atoms with van der Waals surface area (Å²) in [4.78, 5) is 29.6. The molecule has 2 aromatic carbocycles. The molecule has 0 spiro atoms. The van der Waals surface area contributed by atoms with Crippen molar-refractivity contribution in [3.05, 3.63) is 53.6 Å². The minimum atomic E-state index is -0.961. The Morgan fingerprint density at radius 2 is 1.80 bits per heavy atom. The number of thioether (sulfide) groups is 1. The molecule has 0 radical (unpaired) electrons. The standard InChI is InChI=1S/C21H23F2N3O3S/c1-25-7-9-26(10-8-25)21(28)14-3-6-19(29-2)18(11-14)24-20(27)13-30-15-4-5-16(22)17(23)12-15/h3-6,11-12H,7-10,13H2,1-2H3,(H,24,27). The number of methoxy groups -OCH3 is 1. The average Bonchev–Trinajstić information content (AvgIpc) is 2.74. The first kappa shape index (κ1) is 22.0. The maximum atomic E-state index is 13.3. The first-order chi connectivity index (χ1) is 14.4. The highest BCUT2D eigenvalue weighted by molar-refractivity contribution is 8.00. The van der Waals surface area contributed by atoms with Crippen molar-refractivity contribution in [2.24, 2.45) is 0 Å². The van der Waals surface area contributed by atoms with E-state index >= 15 is 0 Å². The number of carbonyl (C=O) groups excluding carboxylic acids is 2. The van der Waals surface area contributed by atoms with Crippen LogP contribution in [0.1, 0.15) is 10.4 Å². The molecular weight excluding hydrogens is 412 g/mol. The van der Waals surface area contributed by atoms with Crippen LogP contribution in [0.4, 0.5) is 14.5 Å². The van der Waals surface area contributed by atoms with Gasteiger partial charge in [-0.05, 0) is 43.4 Å². The molecular formula is C21H23F2N3O3S. The number of likely N-dealkylation sites (N-methyl/N-ethyl adjacent to an activating group) is 1. The molecule has 1 saturated heterocycles. The Kier molecular flexibility index (Phi) is 7.28. The lowest BCUT2D eigenvalue weighted by atomic mass is 10.1. The zero-order chi connectivity index (χ0) is 21.7. The largest absolute Gasteiger partial charge is 0.495 e. The molecule has 30 heavy (non-hydrogen) atoms. The summed E-state index contributed by atoms with van der Waals surface area (Å²) in [5.74, 6) is -1.93. The third-order valence-electron chi connectivity index (χ3n) is 4.77. The molecule has 1 N–H and O–H groups in total. The zero-order valence-electron chi connectivity index (χ0n) is 16.8. The summed E-state index contributed by atoms with van der Waals surface area (Å²) in [5, 5.41) is 2.73. The van der Waals surface area contributed by atoms with Crippen LogP contribution >= 0.6 is 11.8 Å². The Labute approximate surface area is 178 Å². The van der Waals surface area contributed by atoms with Crippen LogP contribution in [0.3, 0.4) is 0 Å². The molecule has 0 aromatic heterocycles. The fraction of sp³-hybridized carbons (Fsp3) is 0.333. The van der Waals surface area contributed by atoms with Crippen LogP contribution in [-0.2, 0) is 4.79 Å². The third-order valence-corrected chi connectivity index (χ3v) is 5.77. The molecule has 9 heteroatoms. The summed E-state index contributed by atoms with van der Waals surface area (Å²) in [6, 6.07) is 8.38. The molecule has 2 amide bonds. The van der Waals surface area contributed by atoms with Crippen LogP contribution in [-0.4, -0.2) is 67.7 Å². The predicted molar refractivity (Wildman–Crippen MR) is 112 cm³/mol. The van der Waals surface area contributed by atoms with Crippen LogP contribution in [0, 0.1) is 11.6 Å². The number of hydrogen-bond acceptors (Lipinski definition) is 5. The Bertz CT molecular complexity index is 934. The number of piperazine rings is 1. The highest BCUT2D eigenvalue weighted by Crippen LogP contribution is 2.27. The molecule has 0 saturated carbocycles. The first-order valence-corrected chi connectivity index (χ1v) is 10.4. The second-order valence-electron chi connectivity index (χ2n) is 6.92. The molecule has 1 aliphatic rings. The number of nitrogens with one attached hydrogen (secondary N) is 1. The van der Waals surface area contributed by atoms with Gasteiger partial charge in [-0.15, -0.1) is 11.8 Å². The van der Waals surface area contributed by atoms with Crippen molar-refractivity contribution in [2.75, 3.05) is 51.4 Å². The molecule has 0 unspecified atom stereocenters. The van der Waals surface area contributed by atoms with Gasteiger partial charge >= 0.3 is 0 Å². The van der Waals surface area contributed by atoms with Gasteiger partial charge in [-0.25, -0.2) is 8.78 Å². The van der Waals surface area contributed by atoms with Gasteiger partial charge in [0, 0.05) is 36.6 Å². The smallest absolute Gasteiger partial charge is 0.254 e. The summed E-state index contributed by atoms with van der Waals surface area (Å²) in [5.41, 5.74) is 0.845. The van der Waals surface area contributed by atoms with E-state index in [1.54, 1.807) is 23.1 Å². The van der Waals surface area contributed by atoms with E-state index in [1.807, 2.05) is 7.05 Å². The maximum Gasteiger partial charge on any atom is 0.254 e. The monoisotopic (exact) mass is 435 g/mol. The van der Waals surface area contributed by atoms with Gasteiger partial charge < -0.3 is 19.9 Å². The Morgan fingerprint density at radius 1 is 1.07 bits per heavy atom. The van der Waals surface area contributed by atoms with Gasteiger partial charge in [-0.3, -0.25) is 9.59 Å². The SMILES string of the molecule is COc1ccc(C(=O)N2CCN(C)CC2)cc1NC(=O)CSc1ccc(F)c(F)c1. The second-order valence-corrected chi connectivity index (χ2v) is 7.97. The Balaban J connectivity index is 1.66.